The monoisotopic (exact) mass is 446 g/mol. The highest BCUT2D eigenvalue weighted by molar-refractivity contribution is 6.07. The number of esters is 1. The van der Waals surface area contributed by atoms with Crippen molar-refractivity contribution in [3.8, 4) is 11.1 Å². The number of fused-ring (bicyclic) bond motifs is 1. The SMILES string of the molecule is CC(C)(C)OC(=O)c1ccccc1-c1cc(C=O)nc2ccc(C(=O)N3CCOCC3)cc12. The van der Waals surface area contributed by atoms with Gasteiger partial charge in [0.05, 0.1) is 24.3 Å². The lowest BCUT2D eigenvalue weighted by Gasteiger charge is -2.27. The summed E-state index contributed by atoms with van der Waals surface area (Å²) in [6, 6.07) is 13.9. The predicted molar refractivity (Wildman–Crippen MR) is 124 cm³/mol. The fraction of sp³-hybridized carbons (Fsp3) is 0.308. The van der Waals surface area contributed by atoms with Crippen molar-refractivity contribution in [2.45, 2.75) is 26.4 Å². The first-order valence-corrected chi connectivity index (χ1v) is 10.9. The second-order valence-electron chi connectivity index (χ2n) is 8.90. The first kappa shape index (κ1) is 22.6. The quantitative estimate of drug-likeness (QED) is 0.442. The molecule has 170 valence electrons. The van der Waals surface area contributed by atoms with E-state index in [1.165, 1.54) is 0 Å². The van der Waals surface area contributed by atoms with Crippen LogP contribution in [0.5, 0.6) is 0 Å². The Labute approximate surface area is 192 Å². The standard InChI is InChI=1S/C26H26N2O5/c1-26(2,3)33-25(31)20-7-5-4-6-19(20)21-15-18(16-29)27-23-9-8-17(14-22(21)23)24(30)28-10-12-32-13-11-28/h4-9,14-16H,10-13H2,1-3H3. The molecule has 0 saturated carbocycles. The van der Waals surface area contributed by atoms with E-state index in [0.29, 0.717) is 65.7 Å². The molecule has 1 aliphatic rings. The van der Waals surface area contributed by atoms with Crippen LogP contribution in [0.3, 0.4) is 0 Å². The average Bonchev–Trinajstić information content (AvgIpc) is 2.82. The molecule has 0 unspecified atom stereocenters. The van der Waals surface area contributed by atoms with E-state index in [-0.39, 0.29) is 11.6 Å². The molecule has 1 aromatic heterocycles. The number of pyridine rings is 1. The summed E-state index contributed by atoms with van der Waals surface area (Å²) >= 11 is 0. The molecule has 2 aromatic carbocycles. The van der Waals surface area contributed by atoms with Crippen LogP contribution in [-0.4, -0.2) is 60.0 Å². The van der Waals surface area contributed by atoms with Crippen LogP contribution in [0, 0.1) is 0 Å². The second kappa shape index (κ2) is 9.11. The molecule has 33 heavy (non-hydrogen) atoms. The summed E-state index contributed by atoms with van der Waals surface area (Å²) in [7, 11) is 0. The number of aromatic nitrogens is 1. The average molecular weight is 447 g/mol. The summed E-state index contributed by atoms with van der Waals surface area (Å²) in [5, 5.41) is 0.677. The number of nitrogens with zero attached hydrogens (tertiary/aromatic N) is 2. The highest BCUT2D eigenvalue weighted by atomic mass is 16.6. The Hall–Kier alpha value is -3.58. The molecular weight excluding hydrogens is 420 g/mol. The molecule has 7 heteroatoms. The summed E-state index contributed by atoms with van der Waals surface area (Å²) in [4.78, 5) is 43.8. The number of carbonyl (C=O) groups is 3. The van der Waals surface area contributed by atoms with Crippen molar-refractivity contribution in [1.29, 1.82) is 0 Å². The third-order valence-electron chi connectivity index (χ3n) is 5.33. The van der Waals surface area contributed by atoms with Gasteiger partial charge in [0.1, 0.15) is 11.3 Å². The first-order chi connectivity index (χ1) is 15.8. The molecule has 0 atom stereocenters. The van der Waals surface area contributed by atoms with Crippen LogP contribution >= 0.6 is 0 Å². The van der Waals surface area contributed by atoms with Crippen molar-refractivity contribution in [3.05, 3.63) is 65.4 Å². The molecule has 3 aromatic rings. The molecular formula is C26H26N2O5. The number of hydrogen-bond donors (Lipinski definition) is 0. The molecule has 2 heterocycles. The Morgan fingerprint density at radius 2 is 1.76 bits per heavy atom. The molecule has 1 aliphatic heterocycles. The van der Waals surface area contributed by atoms with Crippen LogP contribution in [0.25, 0.3) is 22.0 Å². The highest BCUT2D eigenvalue weighted by Crippen LogP contribution is 2.33. The lowest BCUT2D eigenvalue weighted by Crippen LogP contribution is -2.40. The van der Waals surface area contributed by atoms with Crippen molar-refractivity contribution < 1.29 is 23.9 Å². The predicted octanol–water partition coefficient (Wildman–Crippen LogP) is 4.14. The van der Waals surface area contributed by atoms with E-state index in [1.54, 1.807) is 47.4 Å². The summed E-state index contributed by atoms with van der Waals surface area (Å²) < 4.78 is 10.9. The highest BCUT2D eigenvalue weighted by Gasteiger charge is 2.23. The Morgan fingerprint density at radius 3 is 2.45 bits per heavy atom. The maximum atomic E-state index is 13.1. The molecule has 4 rings (SSSR count). The van der Waals surface area contributed by atoms with Crippen molar-refractivity contribution in [2.75, 3.05) is 26.3 Å². The Morgan fingerprint density at radius 1 is 1.03 bits per heavy atom. The van der Waals surface area contributed by atoms with Crippen LogP contribution in [0.2, 0.25) is 0 Å². The zero-order chi connectivity index (χ0) is 23.6. The van der Waals surface area contributed by atoms with E-state index in [2.05, 4.69) is 4.98 Å². The number of carbonyl (C=O) groups excluding carboxylic acids is 3. The molecule has 0 bridgehead atoms. The molecule has 0 radical (unpaired) electrons. The van der Waals surface area contributed by atoms with Gasteiger partial charge in [-0.15, -0.1) is 0 Å². The van der Waals surface area contributed by atoms with Crippen molar-refractivity contribution in [2.24, 2.45) is 0 Å². The normalized spacial score (nSPS) is 14.2. The summed E-state index contributed by atoms with van der Waals surface area (Å²) in [5.41, 5.74) is 2.29. The van der Waals surface area contributed by atoms with Crippen LogP contribution in [0.4, 0.5) is 0 Å². The maximum Gasteiger partial charge on any atom is 0.339 e. The van der Waals surface area contributed by atoms with Gasteiger partial charge < -0.3 is 14.4 Å². The van der Waals surface area contributed by atoms with Crippen LogP contribution in [-0.2, 0) is 9.47 Å². The number of amides is 1. The van der Waals surface area contributed by atoms with Gasteiger partial charge in [0, 0.05) is 24.0 Å². The Kier molecular flexibility index (Phi) is 6.24. The Balaban J connectivity index is 1.86. The molecule has 0 N–H and O–H groups in total. The van der Waals surface area contributed by atoms with Crippen LogP contribution in [0.1, 0.15) is 52.0 Å². The fourth-order valence-corrected chi connectivity index (χ4v) is 3.84. The zero-order valence-electron chi connectivity index (χ0n) is 19.0. The summed E-state index contributed by atoms with van der Waals surface area (Å²) in [6.07, 6.45) is 0.672. The van der Waals surface area contributed by atoms with Gasteiger partial charge in [-0.05, 0) is 62.2 Å². The number of hydrogen-bond acceptors (Lipinski definition) is 6. The smallest absolute Gasteiger partial charge is 0.339 e. The maximum absolute atomic E-state index is 13.1. The van der Waals surface area contributed by atoms with Gasteiger partial charge in [-0.2, -0.15) is 0 Å². The first-order valence-electron chi connectivity index (χ1n) is 10.9. The molecule has 1 saturated heterocycles. The van der Waals surface area contributed by atoms with E-state index in [1.807, 2.05) is 26.8 Å². The van der Waals surface area contributed by atoms with E-state index in [4.69, 9.17) is 9.47 Å². The number of morpholine rings is 1. The second-order valence-corrected chi connectivity index (χ2v) is 8.90. The summed E-state index contributed by atoms with van der Waals surface area (Å²) in [5.74, 6) is -0.553. The molecule has 1 amide bonds. The van der Waals surface area contributed by atoms with Gasteiger partial charge in [0.15, 0.2) is 6.29 Å². The number of aldehydes is 1. The largest absolute Gasteiger partial charge is 0.456 e. The number of rotatable bonds is 4. The van der Waals surface area contributed by atoms with Gasteiger partial charge in [-0.1, -0.05) is 18.2 Å². The van der Waals surface area contributed by atoms with Gasteiger partial charge in [0.2, 0.25) is 0 Å². The van der Waals surface area contributed by atoms with E-state index in [9.17, 15) is 14.4 Å². The fourth-order valence-electron chi connectivity index (χ4n) is 3.84. The Bertz CT molecular complexity index is 1220. The topological polar surface area (TPSA) is 85.8 Å². The molecule has 0 aliphatic carbocycles. The molecule has 0 spiro atoms. The van der Waals surface area contributed by atoms with E-state index >= 15 is 0 Å². The van der Waals surface area contributed by atoms with Crippen molar-refractivity contribution in [1.82, 2.24) is 9.88 Å². The van der Waals surface area contributed by atoms with E-state index < -0.39 is 11.6 Å². The van der Waals surface area contributed by atoms with Crippen molar-refractivity contribution in [3.63, 3.8) is 0 Å². The van der Waals surface area contributed by atoms with Gasteiger partial charge in [0.25, 0.3) is 5.91 Å². The minimum Gasteiger partial charge on any atom is -0.456 e. The summed E-state index contributed by atoms with van der Waals surface area (Å²) in [6.45, 7) is 7.52. The molecule has 7 nitrogen and oxygen atoms in total. The zero-order valence-corrected chi connectivity index (χ0v) is 19.0. The van der Waals surface area contributed by atoms with Crippen LogP contribution in [0.15, 0.2) is 48.5 Å². The number of benzene rings is 2. The van der Waals surface area contributed by atoms with Crippen molar-refractivity contribution >= 4 is 29.1 Å². The minimum atomic E-state index is -0.657. The minimum absolute atomic E-state index is 0.0916. The van der Waals surface area contributed by atoms with Gasteiger partial charge in [-0.3, -0.25) is 9.59 Å². The third kappa shape index (κ3) is 4.93. The van der Waals surface area contributed by atoms with E-state index in [0.717, 1.165) is 0 Å². The third-order valence-corrected chi connectivity index (χ3v) is 5.33. The molecule has 1 fully saturated rings. The van der Waals surface area contributed by atoms with Gasteiger partial charge >= 0.3 is 5.97 Å². The lowest BCUT2D eigenvalue weighted by molar-refractivity contribution is 0.00702. The number of ether oxygens (including phenoxy) is 2. The van der Waals surface area contributed by atoms with Crippen LogP contribution < -0.4 is 0 Å². The lowest BCUT2D eigenvalue weighted by atomic mass is 9.94. The van der Waals surface area contributed by atoms with Gasteiger partial charge in [-0.25, -0.2) is 9.78 Å².